The molecule has 2 aromatic heterocycles. The summed E-state index contributed by atoms with van der Waals surface area (Å²) < 4.78 is 25.5. The molecule has 0 radical (unpaired) electrons. The van der Waals surface area contributed by atoms with Gasteiger partial charge >= 0.3 is 6.55 Å². The van der Waals surface area contributed by atoms with Crippen molar-refractivity contribution in [3.8, 4) is 0 Å². The minimum atomic E-state index is -2.67. The molecule has 0 saturated carbocycles. The molecule has 3 nitrogen and oxygen atoms in total. The summed E-state index contributed by atoms with van der Waals surface area (Å²) in [6.07, 6.45) is 1.19. The van der Waals surface area contributed by atoms with Crippen molar-refractivity contribution in [2.45, 2.75) is 6.55 Å². The van der Waals surface area contributed by atoms with E-state index in [1.807, 2.05) is 0 Å². The molecule has 2 rings (SSSR count). The number of aromatic nitrogens is 3. The van der Waals surface area contributed by atoms with Crippen LogP contribution in [0.1, 0.15) is 6.55 Å². The lowest BCUT2D eigenvalue weighted by atomic mass is 10.4. The van der Waals surface area contributed by atoms with Crippen LogP contribution < -0.4 is 0 Å². The Bertz CT molecular complexity index is 483. The highest BCUT2D eigenvalue weighted by Crippen LogP contribution is 2.26. The zero-order valence-corrected chi connectivity index (χ0v) is 8.10. The predicted molar refractivity (Wildman–Crippen MR) is 48.8 cm³/mol. The highest BCUT2D eigenvalue weighted by atomic mass is 35.5. The van der Waals surface area contributed by atoms with Crippen LogP contribution in [-0.2, 0) is 0 Å². The van der Waals surface area contributed by atoms with Crippen LogP contribution in [0.25, 0.3) is 11.0 Å². The Morgan fingerprint density at radius 1 is 1.29 bits per heavy atom. The number of alkyl halides is 2. The number of fused-ring (bicyclic) bond motifs is 1. The summed E-state index contributed by atoms with van der Waals surface area (Å²) in [5.41, 5.74) is 0.0324. The quantitative estimate of drug-likeness (QED) is 0.564. The molecule has 0 atom stereocenters. The normalized spacial score (nSPS) is 11.5. The highest BCUT2D eigenvalue weighted by molar-refractivity contribution is 6.35. The van der Waals surface area contributed by atoms with E-state index in [9.17, 15) is 8.78 Å². The van der Waals surface area contributed by atoms with Gasteiger partial charge in [0.2, 0.25) is 5.28 Å². The summed E-state index contributed by atoms with van der Waals surface area (Å²) in [4.78, 5) is 7.31. The van der Waals surface area contributed by atoms with Gasteiger partial charge in [0.1, 0.15) is 5.15 Å². The van der Waals surface area contributed by atoms with Crippen LogP contribution >= 0.6 is 23.2 Å². The monoisotopic (exact) mass is 237 g/mol. The zero-order chi connectivity index (χ0) is 10.3. The van der Waals surface area contributed by atoms with Gasteiger partial charge in [-0.15, -0.1) is 0 Å². The molecule has 7 heteroatoms. The zero-order valence-electron chi connectivity index (χ0n) is 6.59. The van der Waals surface area contributed by atoms with Gasteiger partial charge in [0.05, 0.1) is 5.39 Å². The molecule has 0 spiro atoms. The maximum atomic E-state index is 12.4. The number of halogens is 4. The Kier molecular flexibility index (Phi) is 2.28. The van der Waals surface area contributed by atoms with E-state index in [0.29, 0.717) is 9.95 Å². The molecule has 0 N–H and O–H groups in total. The third-order valence-corrected chi connectivity index (χ3v) is 2.17. The first-order valence-corrected chi connectivity index (χ1v) is 4.33. The summed E-state index contributed by atoms with van der Waals surface area (Å²) in [5, 5.41) is 0.277. The van der Waals surface area contributed by atoms with Crippen LogP contribution in [-0.4, -0.2) is 14.5 Å². The van der Waals surface area contributed by atoms with Gasteiger partial charge in [0.25, 0.3) is 0 Å². The lowest BCUT2D eigenvalue weighted by Crippen LogP contribution is -1.98. The first-order valence-electron chi connectivity index (χ1n) is 3.57. The van der Waals surface area contributed by atoms with E-state index >= 15 is 0 Å². The van der Waals surface area contributed by atoms with Gasteiger partial charge < -0.3 is 0 Å². The van der Waals surface area contributed by atoms with Gasteiger partial charge in [-0.05, 0) is 17.7 Å². The second-order valence-corrected chi connectivity index (χ2v) is 3.22. The van der Waals surface area contributed by atoms with Gasteiger partial charge in [0.15, 0.2) is 5.65 Å². The fourth-order valence-electron chi connectivity index (χ4n) is 1.13. The Morgan fingerprint density at radius 2 is 2.00 bits per heavy atom. The highest BCUT2D eigenvalue weighted by Gasteiger charge is 2.14. The molecule has 0 aromatic carbocycles. The lowest BCUT2D eigenvalue weighted by Gasteiger charge is -2.02. The average Bonchev–Trinajstić information content (AvgIpc) is 2.47. The van der Waals surface area contributed by atoms with E-state index in [2.05, 4.69) is 9.97 Å². The van der Waals surface area contributed by atoms with Gasteiger partial charge in [-0.1, -0.05) is 11.6 Å². The maximum Gasteiger partial charge on any atom is 0.320 e. The van der Waals surface area contributed by atoms with E-state index in [4.69, 9.17) is 23.2 Å². The molecule has 0 bridgehead atoms. The van der Waals surface area contributed by atoms with Crippen molar-refractivity contribution in [3.05, 3.63) is 22.7 Å². The van der Waals surface area contributed by atoms with E-state index in [0.717, 1.165) is 0 Å². The minimum absolute atomic E-state index is 0.0324. The molecule has 0 aliphatic carbocycles. The van der Waals surface area contributed by atoms with E-state index in [1.54, 1.807) is 0 Å². The Hall–Kier alpha value is -0.940. The van der Waals surface area contributed by atoms with Crippen LogP contribution in [0.4, 0.5) is 8.78 Å². The lowest BCUT2D eigenvalue weighted by molar-refractivity contribution is 0.0746. The first-order chi connectivity index (χ1) is 6.59. The van der Waals surface area contributed by atoms with Gasteiger partial charge in [-0.3, -0.25) is 4.57 Å². The summed E-state index contributed by atoms with van der Waals surface area (Å²) in [6.45, 7) is -2.67. The SMILES string of the molecule is FC(F)n1ccc2c(Cl)nc(Cl)nc21. The van der Waals surface area contributed by atoms with Crippen LogP contribution in [0.2, 0.25) is 10.4 Å². The summed E-state index contributed by atoms with van der Waals surface area (Å²) in [6, 6.07) is 1.42. The Balaban J connectivity index is 2.78. The standard InChI is InChI=1S/C7H3Cl2F2N3/c8-4-3-1-2-14(7(10)11)5(3)13-6(9)12-4/h1-2,7H. The van der Waals surface area contributed by atoms with E-state index in [1.165, 1.54) is 12.3 Å². The molecule has 0 fully saturated rings. The molecule has 0 amide bonds. The van der Waals surface area contributed by atoms with Crippen molar-refractivity contribution >= 4 is 34.2 Å². The molecule has 2 aromatic rings. The number of hydrogen-bond donors (Lipinski definition) is 0. The maximum absolute atomic E-state index is 12.4. The fourth-order valence-corrected chi connectivity index (χ4v) is 1.56. The molecule has 74 valence electrons. The Morgan fingerprint density at radius 3 is 2.64 bits per heavy atom. The smallest absolute Gasteiger partial charge is 0.275 e. The molecule has 0 saturated heterocycles. The molecule has 0 unspecified atom stereocenters. The number of rotatable bonds is 1. The van der Waals surface area contributed by atoms with Crippen molar-refractivity contribution in [1.82, 2.24) is 14.5 Å². The first kappa shape index (κ1) is 9.61. The van der Waals surface area contributed by atoms with Crippen molar-refractivity contribution in [2.75, 3.05) is 0 Å². The third kappa shape index (κ3) is 1.42. The number of nitrogens with zero attached hydrogens (tertiary/aromatic N) is 3. The van der Waals surface area contributed by atoms with E-state index < -0.39 is 6.55 Å². The van der Waals surface area contributed by atoms with Crippen molar-refractivity contribution in [1.29, 1.82) is 0 Å². The van der Waals surface area contributed by atoms with Crippen molar-refractivity contribution in [3.63, 3.8) is 0 Å². The molecule has 0 aliphatic rings. The average molecular weight is 238 g/mol. The third-order valence-electron chi connectivity index (χ3n) is 1.71. The Labute approximate surface area is 87.3 Å². The predicted octanol–water partition coefficient (Wildman–Crippen LogP) is 3.13. The minimum Gasteiger partial charge on any atom is -0.275 e. The van der Waals surface area contributed by atoms with Crippen molar-refractivity contribution in [2.24, 2.45) is 0 Å². The molecule has 14 heavy (non-hydrogen) atoms. The molecular weight excluding hydrogens is 235 g/mol. The second-order valence-electron chi connectivity index (χ2n) is 2.52. The molecule has 0 aliphatic heterocycles. The second kappa shape index (κ2) is 3.33. The largest absolute Gasteiger partial charge is 0.320 e. The summed E-state index contributed by atoms with van der Waals surface area (Å²) >= 11 is 11.2. The van der Waals surface area contributed by atoms with Gasteiger partial charge in [-0.2, -0.15) is 13.8 Å². The van der Waals surface area contributed by atoms with E-state index in [-0.39, 0.29) is 16.1 Å². The van der Waals surface area contributed by atoms with Crippen LogP contribution in [0.3, 0.4) is 0 Å². The number of hydrogen-bond acceptors (Lipinski definition) is 2. The fraction of sp³-hybridized carbons (Fsp3) is 0.143. The summed E-state index contributed by atoms with van der Waals surface area (Å²) in [5.74, 6) is 0. The van der Waals surface area contributed by atoms with Crippen LogP contribution in [0, 0.1) is 0 Å². The van der Waals surface area contributed by atoms with Crippen molar-refractivity contribution < 1.29 is 8.78 Å². The van der Waals surface area contributed by atoms with Crippen LogP contribution in [0.5, 0.6) is 0 Å². The molecule has 2 heterocycles. The van der Waals surface area contributed by atoms with Crippen LogP contribution in [0.15, 0.2) is 12.3 Å². The molecular formula is C7H3Cl2F2N3. The van der Waals surface area contributed by atoms with Gasteiger partial charge in [0, 0.05) is 6.20 Å². The van der Waals surface area contributed by atoms with Gasteiger partial charge in [-0.25, -0.2) is 4.98 Å². The summed E-state index contributed by atoms with van der Waals surface area (Å²) in [7, 11) is 0. The topological polar surface area (TPSA) is 30.7 Å².